The molecule has 0 heterocycles. The summed E-state index contributed by atoms with van der Waals surface area (Å²) in [7, 11) is 0. The highest BCUT2D eigenvalue weighted by Crippen LogP contribution is 2.22. The predicted octanol–water partition coefficient (Wildman–Crippen LogP) is 7.47. The normalized spacial score (nSPS) is 10.7. The van der Waals surface area contributed by atoms with Gasteiger partial charge in [0, 0.05) is 18.3 Å². The molecule has 0 aliphatic rings. The van der Waals surface area contributed by atoms with Gasteiger partial charge in [0.25, 0.3) is 0 Å². The number of hydrogen-bond donors (Lipinski definition) is 2. The molecule has 2 aromatic carbocycles. The summed E-state index contributed by atoms with van der Waals surface area (Å²) in [5.74, 6) is 0.411. The van der Waals surface area contributed by atoms with Crippen LogP contribution in [0.4, 0.5) is 21.9 Å². The Labute approximate surface area is 214 Å². The fourth-order valence-electron chi connectivity index (χ4n) is 3.24. The summed E-state index contributed by atoms with van der Waals surface area (Å²) in [5.41, 5.74) is 2.12. The van der Waals surface area contributed by atoms with Gasteiger partial charge in [-0.15, -0.1) is 0 Å². The molecule has 2 rings (SSSR count). The van der Waals surface area contributed by atoms with Crippen molar-refractivity contribution in [2.24, 2.45) is 10.2 Å². The van der Waals surface area contributed by atoms with Crippen LogP contribution in [0.25, 0.3) is 0 Å². The zero-order valence-electron chi connectivity index (χ0n) is 21.2. The lowest BCUT2D eigenvalue weighted by molar-refractivity contribution is -0.137. The Morgan fingerprint density at radius 2 is 1.44 bits per heavy atom. The van der Waals surface area contributed by atoms with Gasteiger partial charge in [0.05, 0.1) is 24.6 Å². The number of unbranched alkanes of at least 4 members (excludes halogenated alkanes) is 6. The Morgan fingerprint density at radius 1 is 0.833 bits per heavy atom. The smallest absolute Gasteiger partial charge is 0.330 e. The van der Waals surface area contributed by atoms with Crippen LogP contribution < -0.4 is 15.4 Å². The standard InChI is InChI=1S/C28H38N4O4/c1-3-5-6-9-20-29-28(34)30-23-12-14-24(15-13-23)31-32-25-16-18-26(19-17-25)35-21-10-7-8-11-22-36-27(33)4-2/h4,12-19H,2-3,5-11,20-22H2,1H3,(H2,29,30,34). The summed E-state index contributed by atoms with van der Waals surface area (Å²) in [4.78, 5) is 22.9. The molecule has 36 heavy (non-hydrogen) atoms. The first-order valence-electron chi connectivity index (χ1n) is 12.7. The number of hydrogen-bond acceptors (Lipinski definition) is 6. The third kappa shape index (κ3) is 12.7. The van der Waals surface area contributed by atoms with E-state index >= 15 is 0 Å². The van der Waals surface area contributed by atoms with Crippen molar-refractivity contribution in [2.75, 3.05) is 25.1 Å². The Hall–Kier alpha value is -3.68. The molecule has 0 unspecified atom stereocenters. The Morgan fingerprint density at radius 3 is 2.08 bits per heavy atom. The molecule has 0 bridgehead atoms. The van der Waals surface area contributed by atoms with Gasteiger partial charge in [-0.1, -0.05) is 32.8 Å². The lowest BCUT2D eigenvalue weighted by Crippen LogP contribution is -2.29. The fourth-order valence-corrected chi connectivity index (χ4v) is 3.24. The van der Waals surface area contributed by atoms with Crippen molar-refractivity contribution in [2.45, 2.75) is 58.3 Å². The van der Waals surface area contributed by atoms with Crippen molar-refractivity contribution >= 4 is 29.1 Å². The molecule has 0 aromatic heterocycles. The first-order chi connectivity index (χ1) is 17.6. The van der Waals surface area contributed by atoms with Gasteiger partial charge in [-0.25, -0.2) is 9.59 Å². The molecule has 0 saturated heterocycles. The van der Waals surface area contributed by atoms with Gasteiger partial charge in [0.15, 0.2) is 0 Å². The van der Waals surface area contributed by atoms with Crippen molar-refractivity contribution in [1.82, 2.24) is 5.32 Å². The summed E-state index contributed by atoms with van der Waals surface area (Å²) < 4.78 is 10.7. The van der Waals surface area contributed by atoms with Crippen LogP contribution >= 0.6 is 0 Å². The van der Waals surface area contributed by atoms with Crippen molar-refractivity contribution in [1.29, 1.82) is 0 Å². The monoisotopic (exact) mass is 494 g/mol. The van der Waals surface area contributed by atoms with Gasteiger partial charge in [0.2, 0.25) is 0 Å². The summed E-state index contributed by atoms with van der Waals surface area (Å²) in [5, 5.41) is 14.2. The lowest BCUT2D eigenvalue weighted by Gasteiger charge is -2.07. The molecule has 0 aliphatic carbocycles. The van der Waals surface area contributed by atoms with E-state index in [1.54, 1.807) is 24.3 Å². The minimum atomic E-state index is -0.374. The summed E-state index contributed by atoms with van der Waals surface area (Å²) in [6.45, 7) is 7.27. The molecule has 0 radical (unpaired) electrons. The fraction of sp³-hybridized carbons (Fsp3) is 0.429. The minimum absolute atomic E-state index is 0.199. The highest BCUT2D eigenvalue weighted by molar-refractivity contribution is 5.89. The number of carbonyl (C=O) groups excluding carboxylic acids is 2. The van der Waals surface area contributed by atoms with E-state index in [9.17, 15) is 9.59 Å². The van der Waals surface area contributed by atoms with Gasteiger partial charge in [-0.2, -0.15) is 10.2 Å². The van der Waals surface area contributed by atoms with Gasteiger partial charge in [-0.3, -0.25) is 0 Å². The largest absolute Gasteiger partial charge is 0.494 e. The third-order valence-corrected chi connectivity index (χ3v) is 5.28. The van der Waals surface area contributed by atoms with Crippen LogP contribution in [0.2, 0.25) is 0 Å². The van der Waals surface area contributed by atoms with Crippen LogP contribution in [-0.2, 0) is 9.53 Å². The van der Waals surface area contributed by atoms with Crippen LogP contribution in [0.15, 0.2) is 71.4 Å². The molecule has 2 amide bonds. The van der Waals surface area contributed by atoms with Gasteiger partial charge < -0.3 is 20.1 Å². The van der Waals surface area contributed by atoms with Crippen molar-refractivity contribution in [3.05, 3.63) is 61.2 Å². The Kier molecular flexibility index (Phi) is 14.0. The SMILES string of the molecule is C=CC(=O)OCCCCCCOc1ccc(N=Nc2ccc(NC(=O)NCCCCCC)cc2)cc1. The number of urea groups is 1. The molecule has 2 N–H and O–H groups in total. The van der Waals surface area contributed by atoms with Crippen molar-refractivity contribution in [3.8, 4) is 5.75 Å². The molecular formula is C28H38N4O4. The zero-order chi connectivity index (χ0) is 25.8. The lowest BCUT2D eigenvalue weighted by atomic mass is 10.2. The van der Waals surface area contributed by atoms with Crippen molar-refractivity contribution in [3.63, 3.8) is 0 Å². The number of anilines is 1. The number of rotatable bonds is 17. The molecule has 0 fully saturated rings. The van der Waals surface area contributed by atoms with E-state index in [1.807, 2.05) is 24.3 Å². The maximum atomic E-state index is 11.9. The molecule has 0 saturated carbocycles. The summed E-state index contributed by atoms with van der Waals surface area (Å²) in [6.07, 6.45) is 9.43. The summed E-state index contributed by atoms with van der Waals surface area (Å²) in [6, 6.07) is 14.5. The molecule has 8 heteroatoms. The topological polar surface area (TPSA) is 101 Å². The van der Waals surface area contributed by atoms with E-state index in [4.69, 9.17) is 9.47 Å². The van der Waals surface area contributed by atoms with Gasteiger partial charge in [-0.05, 0) is 80.6 Å². The van der Waals surface area contributed by atoms with E-state index in [0.29, 0.717) is 31.1 Å². The van der Waals surface area contributed by atoms with Crippen LogP contribution in [0.3, 0.4) is 0 Å². The number of azo groups is 1. The third-order valence-electron chi connectivity index (χ3n) is 5.28. The van der Waals surface area contributed by atoms with Crippen LogP contribution in [-0.4, -0.2) is 31.8 Å². The number of carbonyl (C=O) groups is 2. The van der Waals surface area contributed by atoms with Crippen LogP contribution in [0.1, 0.15) is 58.3 Å². The maximum absolute atomic E-state index is 11.9. The number of esters is 1. The van der Waals surface area contributed by atoms with E-state index in [0.717, 1.165) is 50.0 Å². The predicted molar refractivity (Wildman–Crippen MR) is 143 cm³/mol. The van der Waals surface area contributed by atoms with Gasteiger partial charge in [0.1, 0.15) is 5.75 Å². The molecule has 0 atom stereocenters. The molecular weight excluding hydrogens is 456 g/mol. The van der Waals surface area contributed by atoms with E-state index in [1.165, 1.54) is 18.9 Å². The van der Waals surface area contributed by atoms with Crippen LogP contribution in [0, 0.1) is 0 Å². The average Bonchev–Trinajstić information content (AvgIpc) is 2.90. The molecule has 0 aliphatic heterocycles. The highest BCUT2D eigenvalue weighted by atomic mass is 16.5. The first kappa shape index (κ1) is 28.6. The molecule has 0 spiro atoms. The van der Waals surface area contributed by atoms with Gasteiger partial charge >= 0.3 is 12.0 Å². The molecule has 8 nitrogen and oxygen atoms in total. The second-order valence-corrected chi connectivity index (χ2v) is 8.32. The second kappa shape index (κ2) is 17.7. The highest BCUT2D eigenvalue weighted by Gasteiger charge is 2.02. The number of ether oxygens (including phenoxy) is 2. The second-order valence-electron chi connectivity index (χ2n) is 8.32. The minimum Gasteiger partial charge on any atom is -0.494 e. The average molecular weight is 495 g/mol. The first-order valence-corrected chi connectivity index (χ1v) is 12.7. The number of amides is 2. The molecule has 2 aromatic rings. The number of nitrogens with one attached hydrogen (secondary N) is 2. The van der Waals surface area contributed by atoms with Crippen LogP contribution in [0.5, 0.6) is 5.75 Å². The van der Waals surface area contributed by atoms with E-state index in [-0.39, 0.29) is 12.0 Å². The van der Waals surface area contributed by atoms with E-state index < -0.39 is 0 Å². The number of benzene rings is 2. The zero-order valence-corrected chi connectivity index (χ0v) is 21.2. The maximum Gasteiger partial charge on any atom is 0.330 e. The van der Waals surface area contributed by atoms with Crippen molar-refractivity contribution < 1.29 is 19.1 Å². The Bertz CT molecular complexity index is 943. The quantitative estimate of drug-likeness (QED) is 0.103. The summed E-state index contributed by atoms with van der Waals surface area (Å²) >= 11 is 0. The van der Waals surface area contributed by atoms with E-state index in [2.05, 4.69) is 34.4 Å². The number of nitrogens with zero attached hydrogens (tertiary/aromatic N) is 2. The molecule has 194 valence electrons. The Balaban J connectivity index is 1.64.